The lowest BCUT2D eigenvalue weighted by Gasteiger charge is -2.07. The molecule has 58 valence electrons. The van der Waals surface area contributed by atoms with Crippen molar-refractivity contribution in [2.45, 2.75) is 11.3 Å². The predicted octanol–water partition coefficient (Wildman–Crippen LogP) is 3.19. The minimum Gasteiger partial charge on any atom is -0.293 e. The minimum atomic E-state index is 0.300. The van der Waals surface area contributed by atoms with Crippen molar-refractivity contribution in [3.8, 4) is 0 Å². The van der Waals surface area contributed by atoms with Gasteiger partial charge in [0, 0.05) is 17.1 Å². The molecule has 11 heavy (non-hydrogen) atoms. The van der Waals surface area contributed by atoms with E-state index in [1.807, 2.05) is 6.07 Å². The topological polar surface area (TPSA) is 17.1 Å². The quantitative estimate of drug-likeness (QED) is 0.702. The van der Waals surface area contributed by atoms with Gasteiger partial charge in [0.15, 0.2) is 5.78 Å². The summed E-state index contributed by atoms with van der Waals surface area (Å²) in [6.45, 7) is 0. The molecule has 1 aromatic rings. The Morgan fingerprint density at radius 1 is 1.55 bits per heavy atom. The van der Waals surface area contributed by atoms with E-state index in [-0.39, 0.29) is 0 Å². The first kappa shape index (κ1) is 7.83. The summed E-state index contributed by atoms with van der Waals surface area (Å²) in [5.41, 5.74) is 0. The van der Waals surface area contributed by atoms with E-state index >= 15 is 0 Å². The number of Topliss-reactive ketones (excluding diaryl/α,β-unsaturated/α-hetero) is 1. The summed E-state index contributed by atoms with van der Waals surface area (Å²) >= 11 is 6.69. The molecule has 0 fully saturated rings. The molecule has 0 amide bonds. The lowest BCUT2D eigenvalue weighted by atomic mass is 10.2. The average molecular weight is 249 g/mol. The molecule has 1 aromatic heterocycles. The lowest BCUT2D eigenvalue weighted by Crippen LogP contribution is -2.03. The van der Waals surface area contributed by atoms with E-state index < -0.39 is 0 Å². The normalized spacial score (nSPS) is 16.6. The van der Waals surface area contributed by atoms with Gasteiger partial charge in [0.05, 0.1) is 8.66 Å². The molecule has 1 aliphatic heterocycles. The Morgan fingerprint density at radius 3 is 3.09 bits per heavy atom. The molecule has 0 saturated carbocycles. The smallest absolute Gasteiger partial charge is 0.174 e. The predicted molar refractivity (Wildman–Crippen MR) is 51.7 cm³/mol. The number of halogens is 1. The zero-order chi connectivity index (χ0) is 7.84. The second-order valence-corrected chi connectivity index (χ2v) is 5.83. The molecular weight excluding hydrogens is 244 g/mol. The molecule has 2 heterocycles. The molecule has 0 atom stereocenters. The van der Waals surface area contributed by atoms with Crippen molar-refractivity contribution in [1.29, 1.82) is 0 Å². The van der Waals surface area contributed by atoms with Gasteiger partial charge in [-0.15, -0.1) is 23.1 Å². The molecule has 0 bridgehead atoms. The number of rotatable bonds is 0. The summed E-state index contributed by atoms with van der Waals surface area (Å²) in [4.78, 5) is 13.4. The van der Waals surface area contributed by atoms with Crippen LogP contribution in [0.3, 0.4) is 0 Å². The molecule has 0 aromatic carbocycles. The van der Waals surface area contributed by atoms with Gasteiger partial charge in [-0.05, 0) is 22.0 Å². The van der Waals surface area contributed by atoms with Crippen molar-refractivity contribution in [2.75, 3.05) is 5.75 Å². The fraction of sp³-hybridized carbons (Fsp3) is 0.286. The first-order valence-corrected chi connectivity index (χ1v) is 5.82. The van der Waals surface area contributed by atoms with E-state index in [9.17, 15) is 4.79 Å². The molecule has 0 N–H and O–H groups in total. The van der Waals surface area contributed by atoms with Crippen LogP contribution < -0.4 is 0 Å². The SMILES string of the molecule is O=C1CCSc2cc(Br)sc21. The van der Waals surface area contributed by atoms with Crippen LogP contribution in [0.15, 0.2) is 14.7 Å². The summed E-state index contributed by atoms with van der Waals surface area (Å²) in [5.74, 6) is 1.24. The molecular formula is C7H5BrOS2. The Balaban J connectivity index is 2.52. The Labute approximate surface area is 81.3 Å². The van der Waals surface area contributed by atoms with Crippen LogP contribution in [0.1, 0.15) is 16.1 Å². The third-order valence-electron chi connectivity index (χ3n) is 1.51. The van der Waals surface area contributed by atoms with Crippen molar-refractivity contribution in [2.24, 2.45) is 0 Å². The molecule has 1 aliphatic rings. The highest BCUT2D eigenvalue weighted by Gasteiger charge is 2.20. The van der Waals surface area contributed by atoms with Gasteiger partial charge in [0.1, 0.15) is 0 Å². The van der Waals surface area contributed by atoms with Crippen molar-refractivity contribution < 1.29 is 4.79 Å². The molecule has 1 nitrogen and oxygen atoms in total. The molecule has 0 unspecified atom stereocenters. The van der Waals surface area contributed by atoms with E-state index in [1.54, 1.807) is 23.1 Å². The highest BCUT2D eigenvalue weighted by Crippen LogP contribution is 2.38. The maximum absolute atomic E-state index is 11.3. The van der Waals surface area contributed by atoms with Crippen molar-refractivity contribution in [3.05, 3.63) is 14.7 Å². The lowest BCUT2D eigenvalue weighted by molar-refractivity contribution is 0.0989. The van der Waals surface area contributed by atoms with Gasteiger partial charge in [-0.3, -0.25) is 4.79 Å². The third kappa shape index (κ3) is 1.39. The van der Waals surface area contributed by atoms with Crippen molar-refractivity contribution in [3.63, 3.8) is 0 Å². The van der Waals surface area contributed by atoms with Gasteiger partial charge in [0.2, 0.25) is 0 Å². The summed E-state index contributed by atoms with van der Waals surface area (Å²) in [6, 6.07) is 2.03. The van der Waals surface area contributed by atoms with E-state index in [1.165, 1.54) is 0 Å². The van der Waals surface area contributed by atoms with E-state index in [0.717, 1.165) is 19.3 Å². The zero-order valence-corrected chi connectivity index (χ0v) is 8.81. The van der Waals surface area contributed by atoms with Crippen molar-refractivity contribution in [1.82, 2.24) is 0 Å². The number of ketones is 1. The molecule has 0 spiro atoms. The molecule has 4 heteroatoms. The summed E-state index contributed by atoms with van der Waals surface area (Å²) < 4.78 is 1.06. The first-order valence-electron chi connectivity index (χ1n) is 3.23. The first-order chi connectivity index (χ1) is 5.27. The molecule has 0 aliphatic carbocycles. The van der Waals surface area contributed by atoms with Crippen LogP contribution in [0.4, 0.5) is 0 Å². The Hall–Kier alpha value is 0.200. The van der Waals surface area contributed by atoms with Crippen LogP contribution in [0.25, 0.3) is 0 Å². The third-order valence-corrected chi connectivity index (χ3v) is 4.36. The number of carbonyl (C=O) groups is 1. The van der Waals surface area contributed by atoms with E-state index in [2.05, 4.69) is 15.9 Å². The van der Waals surface area contributed by atoms with Crippen LogP contribution in [-0.4, -0.2) is 11.5 Å². The van der Waals surface area contributed by atoms with Crippen LogP contribution >= 0.6 is 39.0 Å². The van der Waals surface area contributed by atoms with Crippen LogP contribution in [0, 0.1) is 0 Å². The zero-order valence-electron chi connectivity index (χ0n) is 5.59. The number of hydrogen-bond acceptors (Lipinski definition) is 3. The summed E-state index contributed by atoms with van der Waals surface area (Å²) in [5, 5.41) is 0. The highest BCUT2D eigenvalue weighted by molar-refractivity contribution is 9.11. The molecule has 0 saturated heterocycles. The highest BCUT2D eigenvalue weighted by atomic mass is 79.9. The Morgan fingerprint density at radius 2 is 2.36 bits per heavy atom. The van der Waals surface area contributed by atoms with Crippen molar-refractivity contribution >= 4 is 44.8 Å². The minimum absolute atomic E-state index is 0.300. The van der Waals surface area contributed by atoms with Gasteiger partial charge in [-0.25, -0.2) is 0 Å². The number of hydrogen-bond donors (Lipinski definition) is 0. The maximum Gasteiger partial charge on any atom is 0.174 e. The second kappa shape index (κ2) is 2.92. The Kier molecular flexibility index (Phi) is 2.08. The van der Waals surface area contributed by atoms with Crippen LogP contribution in [0.5, 0.6) is 0 Å². The average Bonchev–Trinajstić information content (AvgIpc) is 2.31. The number of thiophene rings is 1. The Bertz CT molecular complexity index is 305. The van der Waals surface area contributed by atoms with Gasteiger partial charge in [-0.2, -0.15) is 0 Å². The van der Waals surface area contributed by atoms with Gasteiger partial charge < -0.3 is 0 Å². The van der Waals surface area contributed by atoms with Crippen LogP contribution in [-0.2, 0) is 0 Å². The second-order valence-electron chi connectivity index (χ2n) is 2.27. The number of carbonyl (C=O) groups excluding carboxylic acids is 1. The molecule has 2 rings (SSSR count). The maximum atomic E-state index is 11.3. The standard InChI is InChI=1S/C7H5BrOS2/c8-6-3-5-7(11-6)4(9)1-2-10-5/h3H,1-2H2. The van der Waals surface area contributed by atoms with E-state index in [4.69, 9.17) is 0 Å². The van der Waals surface area contributed by atoms with Gasteiger partial charge >= 0.3 is 0 Å². The molecule has 0 radical (unpaired) electrons. The van der Waals surface area contributed by atoms with Gasteiger partial charge in [-0.1, -0.05) is 0 Å². The number of fused-ring (bicyclic) bond motifs is 1. The summed E-state index contributed by atoms with van der Waals surface area (Å²) in [7, 11) is 0. The fourth-order valence-electron chi connectivity index (χ4n) is 1.01. The number of thioether (sulfide) groups is 1. The fourth-order valence-corrected chi connectivity index (χ4v) is 3.96. The largest absolute Gasteiger partial charge is 0.293 e. The van der Waals surface area contributed by atoms with E-state index in [0.29, 0.717) is 12.2 Å². The summed E-state index contributed by atoms with van der Waals surface area (Å²) in [6.07, 6.45) is 0.699. The van der Waals surface area contributed by atoms with Crippen LogP contribution in [0.2, 0.25) is 0 Å². The van der Waals surface area contributed by atoms with Gasteiger partial charge in [0.25, 0.3) is 0 Å². The monoisotopic (exact) mass is 248 g/mol.